The van der Waals surface area contributed by atoms with Gasteiger partial charge in [0.15, 0.2) is 6.04 Å². The second-order valence-electron chi connectivity index (χ2n) is 5.81. The Morgan fingerprint density at radius 1 is 0.885 bits per heavy atom. The number of amides is 3. The monoisotopic (exact) mass is 378 g/mol. The molecule has 6 unspecified atom stereocenters. The quantitative estimate of drug-likeness (QED) is 0.184. The van der Waals surface area contributed by atoms with Gasteiger partial charge in [0.25, 0.3) is 0 Å². The Hall–Kier alpha value is -2.28. The summed E-state index contributed by atoms with van der Waals surface area (Å²) in [5.41, 5.74) is 5.42. The van der Waals surface area contributed by atoms with Crippen LogP contribution in [-0.2, 0) is 19.2 Å². The number of nitrogens with two attached hydrogens (primary N) is 1. The SMILES string of the molecule is CC(NC(=O)C(N)C(C)O)C(=O)NC(CO)C(=O)NC(C(=O)O)C(C)O. The highest BCUT2D eigenvalue weighted by atomic mass is 16.4. The highest BCUT2D eigenvalue weighted by Gasteiger charge is 2.30. The number of carboxylic acids is 1. The van der Waals surface area contributed by atoms with Crippen LogP contribution in [0.15, 0.2) is 0 Å². The molecule has 0 aromatic rings. The predicted octanol–water partition coefficient (Wildman–Crippen LogP) is -4.37. The van der Waals surface area contributed by atoms with E-state index in [9.17, 15) is 34.5 Å². The Morgan fingerprint density at radius 3 is 1.81 bits per heavy atom. The van der Waals surface area contributed by atoms with Crippen molar-refractivity contribution >= 4 is 23.7 Å². The van der Waals surface area contributed by atoms with Crippen LogP contribution in [0.2, 0.25) is 0 Å². The summed E-state index contributed by atoms with van der Waals surface area (Å²) in [7, 11) is 0. The van der Waals surface area contributed by atoms with Gasteiger partial charge in [0.1, 0.15) is 18.1 Å². The van der Waals surface area contributed by atoms with Crippen molar-refractivity contribution in [2.45, 2.75) is 57.1 Å². The molecule has 26 heavy (non-hydrogen) atoms. The highest BCUT2D eigenvalue weighted by molar-refractivity contribution is 5.94. The first-order valence-corrected chi connectivity index (χ1v) is 7.78. The molecular weight excluding hydrogens is 352 g/mol. The van der Waals surface area contributed by atoms with Gasteiger partial charge in [0.2, 0.25) is 17.7 Å². The van der Waals surface area contributed by atoms with E-state index in [0.717, 1.165) is 6.92 Å². The second kappa shape index (κ2) is 10.7. The first-order valence-electron chi connectivity index (χ1n) is 7.78. The van der Waals surface area contributed by atoms with Gasteiger partial charge in [-0.1, -0.05) is 0 Å². The minimum Gasteiger partial charge on any atom is -0.480 e. The molecule has 3 amide bonds. The lowest BCUT2D eigenvalue weighted by Crippen LogP contribution is -2.59. The van der Waals surface area contributed by atoms with Crippen LogP contribution >= 0.6 is 0 Å². The van der Waals surface area contributed by atoms with Gasteiger partial charge in [0.05, 0.1) is 18.8 Å². The summed E-state index contributed by atoms with van der Waals surface area (Å²) >= 11 is 0. The average Bonchev–Trinajstić information content (AvgIpc) is 2.55. The Balaban J connectivity index is 4.83. The minimum atomic E-state index is -1.63. The number of aliphatic hydroxyl groups is 3. The van der Waals surface area contributed by atoms with Crippen molar-refractivity contribution in [3.63, 3.8) is 0 Å². The molecule has 0 aliphatic rings. The van der Waals surface area contributed by atoms with Crippen LogP contribution in [0.4, 0.5) is 0 Å². The van der Waals surface area contributed by atoms with E-state index in [0.29, 0.717) is 0 Å². The van der Waals surface area contributed by atoms with Crippen LogP contribution in [0.5, 0.6) is 0 Å². The van der Waals surface area contributed by atoms with Gasteiger partial charge in [-0.15, -0.1) is 0 Å². The average molecular weight is 378 g/mol. The van der Waals surface area contributed by atoms with Crippen molar-refractivity contribution in [3.05, 3.63) is 0 Å². The predicted molar refractivity (Wildman–Crippen MR) is 87.5 cm³/mol. The van der Waals surface area contributed by atoms with E-state index in [1.54, 1.807) is 0 Å². The number of rotatable bonds is 10. The van der Waals surface area contributed by atoms with Gasteiger partial charge in [-0.25, -0.2) is 4.79 Å². The molecule has 0 spiro atoms. The summed E-state index contributed by atoms with van der Waals surface area (Å²) in [4.78, 5) is 46.6. The molecule has 12 nitrogen and oxygen atoms in total. The largest absolute Gasteiger partial charge is 0.480 e. The van der Waals surface area contributed by atoms with E-state index < -0.39 is 66.7 Å². The number of hydrogen-bond acceptors (Lipinski definition) is 8. The maximum atomic E-state index is 12.0. The molecule has 0 saturated heterocycles. The number of hydrogen-bond donors (Lipinski definition) is 8. The molecule has 0 rings (SSSR count). The number of nitrogens with one attached hydrogen (secondary N) is 3. The molecule has 0 aromatic carbocycles. The van der Waals surface area contributed by atoms with Gasteiger partial charge < -0.3 is 42.1 Å². The number of carbonyl (C=O) groups excluding carboxylic acids is 3. The molecule has 0 bridgehead atoms. The third-order valence-electron chi connectivity index (χ3n) is 3.44. The topological polar surface area (TPSA) is 211 Å². The van der Waals surface area contributed by atoms with Crippen LogP contribution in [0, 0.1) is 0 Å². The maximum Gasteiger partial charge on any atom is 0.328 e. The van der Waals surface area contributed by atoms with Crippen LogP contribution in [0.25, 0.3) is 0 Å². The first-order chi connectivity index (χ1) is 11.9. The highest BCUT2D eigenvalue weighted by Crippen LogP contribution is 1.96. The zero-order valence-corrected chi connectivity index (χ0v) is 14.7. The molecule has 0 radical (unpaired) electrons. The van der Waals surface area contributed by atoms with Gasteiger partial charge in [-0.2, -0.15) is 0 Å². The van der Waals surface area contributed by atoms with Gasteiger partial charge in [-0.05, 0) is 20.8 Å². The molecule has 0 aromatic heterocycles. The molecule has 9 N–H and O–H groups in total. The van der Waals surface area contributed by atoms with Gasteiger partial charge in [0, 0.05) is 0 Å². The zero-order valence-electron chi connectivity index (χ0n) is 14.7. The van der Waals surface area contributed by atoms with Crippen molar-refractivity contribution < 1.29 is 39.6 Å². The molecule has 0 aliphatic carbocycles. The number of aliphatic carboxylic acids is 1. The van der Waals surface area contributed by atoms with Crippen molar-refractivity contribution in [1.29, 1.82) is 0 Å². The van der Waals surface area contributed by atoms with E-state index in [4.69, 9.17) is 10.8 Å². The third-order valence-corrected chi connectivity index (χ3v) is 3.44. The van der Waals surface area contributed by atoms with Crippen LogP contribution in [-0.4, -0.2) is 87.1 Å². The van der Waals surface area contributed by atoms with Crippen LogP contribution in [0.3, 0.4) is 0 Å². The standard InChI is InChI=1S/C14H26N4O8/c1-5(16-13(24)9(15)6(2)20)11(22)17-8(4-19)12(23)18-10(7(3)21)14(25)26/h5-10,19-21H,4,15H2,1-3H3,(H,16,24)(H,17,22)(H,18,23)(H,25,26). The van der Waals surface area contributed by atoms with E-state index >= 15 is 0 Å². The Bertz CT molecular complexity index is 525. The lowest BCUT2D eigenvalue weighted by atomic mass is 10.1. The molecule has 0 fully saturated rings. The lowest BCUT2D eigenvalue weighted by molar-refractivity contribution is -0.145. The molecular formula is C14H26N4O8. The second-order valence-corrected chi connectivity index (χ2v) is 5.81. The third kappa shape index (κ3) is 7.31. The Labute approximate surface area is 149 Å². The summed E-state index contributed by atoms with van der Waals surface area (Å²) in [6.45, 7) is 2.87. The fourth-order valence-corrected chi connectivity index (χ4v) is 1.73. The Morgan fingerprint density at radius 2 is 1.42 bits per heavy atom. The Kier molecular flexibility index (Phi) is 9.72. The van der Waals surface area contributed by atoms with E-state index in [1.165, 1.54) is 13.8 Å². The van der Waals surface area contributed by atoms with Gasteiger partial charge >= 0.3 is 5.97 Å². The van der Waals surface area contributed by atoms with Crippen LogP contribution < -0.4 is 21.7 Å². The summed E-state index contributed by atoms with van der Waals surface area (Å²) < 4.78 is 0. The van der Waals surface area contributed by atoms with Crippen LogP contribution in [0.1, 0.15) is 20.8 Å². The maximum absolute atomic E-state index is 12.0. The summed E-state index contributed by atoms with van der Waals surface area (Å²) in [6, 6.07) is -5.55. The molecule has 12 heteroatoms. The molecule has 0 saturated carbocycles. The van der Waals surface area contributed by atoms with E-state index in [-0.39, 0.29) is 0 Å². The van der Waals surface area contributed by atoms with E-state index in [1.807, 2.05) is 5.32 Å². The summed E-state index contributed by atoms with van der Waals surface area (Å²) in [5, 5.41) is 43.0. The fraction of sp³-hybridized carbons (Fsp3) is 0.714. The minimum absolute atomic E-state index is 0.798. The number of carbonyl (C=O) groups is 4. The number of aliphatic hydroxyl groups excluding tert-OH is 3. The number of carboxylic acid groups (broad SMARTS) is 1. The smallest absolute Gasteiger partial charge is 0.328 e. The van der Waals surface area contributed by atoms with Crippen molar-refractivity contribution in [3.8, 4) is 0 Å². The molecule has 150 valence electrons. The first kappa shape index (κ1) is 23.7. The lowest BCUT2D eigenvalue weighted by Gasteiger charge is -2.23. The normalized spacial score (nSPS) is 17.8. The zero-order chi connectivity index (χ0) is 20.6. The van der Waals surface area contributed by atoms with Gasteiger partial charge in [-0.3, -0.25) is 14.4 Å². The van der Waals surface area contributed by atoms with E-state index in [2.05, 4.69) is 10.6 Å². The summed E-state index contributed by atoms with van der Waals surface area (Å²) in [6.07, 6.45) is -2.55. The fourth-order valence-electron chi connectivity index (χ4n) is 1.73. The molecule has 0 aliphatic heterocycles. The van der Waals surface area contributed by atoms with Crippen molar-refractivity contribution in [2.75, 3.05) is 6.61 Å². The molecule has 6 atom stereocenters. The van der Waals surface area contributed by atoms with Crippen molar-refractivity contribution in [1.82, 2.24) is 16.0 Å². The molecule has 0 heterocycles. The van der Waals surface area contributed by atoms with Crippen molar-refractivity contribution in [2.24, 2.45) is 5.73 Å². The summed E-state index contributed by atoms with van der Waals surface area (Å²) in [5.74, 6) is -4.18.